The highest BCUT2D eigenvalue weighted by Crippen LogP contribution is 2.14. The third-order valence-electron chi connectivity index (χ3n) is 3.12. The van der Waals surface area contributed by atoms with Crippen molar-refractivity contribution in [3.05, 3.63) is 58.7 Å². The maximum atomic E-state index is 6.14. The number of benzene rings is 1. The molecule has 0 saturated carbocycles. The Hall–Kier alpha value is -1.54. The molecule has 1 heterocycles. The minimum absolute atomic E-state index is 0. The second kappa shape index (κ2) is 10.3. The molecule has 124 valence electrons. The van der Waals surface area contributed by atoms with E-state index in [0.29, 0.717) is 24.9 Å². The van der Waals surface area contributed by atoms with Crippen molar-refractivity contribution in [2.75, 3.05) is 14.2 Å². The second-order valence-electron chi connectivity index (χ2n) is 4.54. The van der Waals surface area contributed by atoms with Gasteiger partial charge in [-0.3, -0.25) is 4.99 Å². The van der Waals surface area contributed by atoms with Crippen LogP contribution in [0.5, 0.6) is 5.88 Å². The summed E-state index contributed by atoms with van der Waals surface area (Å²) < 4.78 is 5.23. The number of nitrogens with zero attached hydrogens (tertiary/aromatic N) is 2. The first-order valence-electron chi connectivity index (χ1n) is 6.90. The van der Waals surface area contributed by atoms with Crippen molar-refractivity contribution in [3.63, 3.8) is 0 Å². The van der Waals surface area contributed by atoms with Gasteiger partial charge >= 0.3 is 0 Å². The van der Waals surface area contributed by atoms with Gasteiger partial charge in [-0.2, -0.15) is 0 Å². The van der Waals surface area contributed by atoms with Gasteiger partial charge in [-0.25, -0.2) is 4.98 Å². The fourth-order valence-corrected chi connectivity index (χ4v) is 2.17. The topological polar surface area (TPSA) is 58.5 Å². The third kappa shape index (κ3) is 5.87. The van der Waals surface area contributed by atoms with E-state index >= 15 is 0 Å². The highest BCUT2D eigenvalue weighted by molar-refractivity contribution is 14.0. The summed E-state index contributed by atoms with van der Waals surface area (Å²) >= 11 is 6.14. The molecule has 1 aromatic carbocycles. The number of nitrogens with one attached hydrogen (secondary N) is 2. The quantitative estimate of drug-likeness (QED) is 0.421. The molecular weight excluding hydrogens is 427 g/mol. The maximum Gasteiger partial charge on any atom is 0.218 e. The van der Waals surface area contributed by atoms with E-state index in [9.17, 15) is 0 Å². The zero-order valence-electron chi connectivity index (χ0n) is 13.0. The van der Waals surface area contributed by atoms with E-state index in [0.717, 1.165) is 16.1 Å². The molecule has 7 heteroatoms. The van der Waals surface area contributed by atoms with E-state index < -0.39 is 0 Å². The number of aromatic nitrogens is 1. The number of ether oxygens (including phenoxy) is 1. The van der Waals surface area contributed by atoms with E-state index in [1.165, 1.54) is 0 Å². The van der Waals surface area contributed by atoms with E-state index in [2.05, 4.69) is 20.6 Å². The Morgan fingerprint density at radius 1 is 1.13 bits per heavy atom. The van der Waals surface area contributed by atoms with Gasteiger partial charge in [-0.05, 0) is 17.7 Å². The molecule has 0 bridgehead atoms. The fourth-order valence-electron chi connectivity index (χ4n) is 1.96. The van der Waals surface area contributed by atoms with Gasteiger partial charge in [-0.15, -0.1) is 24.0 Å². The van der Waals surface area contributed by atoms with Gasteiger partial charge in [0, 0.05) is 36.9 Å². The number of rotatable bonds is 5. The van der Waals surface area contributed by atoms with Gasteiger partial charge in [0.15, 0.2) is 5.96 Å². The first-order chi connectivity index (χ1) is 10.7. The SMILES string of the molecule is CN=C(NCc1ccccc1Cl)NCc1cccnc1OC.I. The summed E-state index contributed by atoms with van der Waals surface area (Å²) in [5.41, 5.74) is 1.98. The van der Waals surface area contributed by atoms with E-state index in [1.807, 2.05) is 36.4 Å². The Morgan fingerprint density at radius 2 is 1.78 bits per heavy atom. The molecule has 0 aliphatic heterocycles. The molecule has 0 aliphatic rings. The lowest BCUT2D eigenvalue weighted by Crippen LogP contribution is -2.36. The Labute approximate surface area is 158 Å². The Bertz CT molecular complexity index is 651. The van der Waals surface area contributed by atoms with Crippen molar-refractivity contribution in [1.82, 2.24) is 15.6 Å². The molecule has 0 radical (unpaired) electrons. The average Bonchev–Trinajstić information content (AvgIpc) is 2.56. The molecule has 0 spiro atoms. The Kier molecular flexibility index (Phi) is 8.71. The van der Waals surface area contributed by atoms with Crippen LogP contribution in [0.15, 0.2) is 47.6 Å². The average molecular weight is 447 g/mol. The lowest BCUT2D eigenvalue weighted by atomic mass is 10.2. The summed E-state index contributed by atoms with van der Waals surface area (Å²) in [6, 6.07) is 11.6. The maximum absolute atomic E-state index is 6.14. The van der Waals surface area contributed by atoms with Gasteiger partial charge in [0.25, 0.3) is 0 Å². The van der Waals surface area contributed by atoms with Gasteiger partial charge in [0.2, 0.25) is 5.88 Å². The second-order valence-corrected chi connectivity index (χ2v) is 4.95. The zero-order valence-corrected chi connectivity index (χ0v) is 16.1. The van der Waals surface area contributed by atoms with Gasteiger partial charge in [0.05, 0.1) is 7.11 Å². The van der Waals surface area contributed by atoms with Crippen molar-refractivity contribution in [1.29, 1.82) is 0 Å². The molecule has 2 N–H and O–H groups in total. The van der Waals surface area contributed by atoms with Crippen molar-refractivity contribution in [3.8, 4) is 5.88 Å². The lowest BCUT2D eigenvalue weighted by Gasteiger charge is -2.13. The van der Waals surface area contributed by atoms with Crippen LogP contribution >= 0.6 is 35.6 Å². The van der Waals surface area contributed by atoms with Crippen LogP contribution in [0.1, 0.15) is 11.1 Å². The molecule has 5 nitrogen and oxygen atoms in total. The van der Waals surface area contributed by atoms with Crippen LogP contribution in [0.3, 0.4) is 0 Å². The third-order valence-corrected chi connectivity index (χ3v) is 3.49. The molecule has 0 saturated heterocycles. The minimum Gasteiger partial charge on any atom is -0.481 e. The molecule has 2 rings (SSSR count). The standard InChI is InChI=1S/C16H19ClN4O.HI/c1-18-16(20-10-12-6-3-4-8-14(12)17)21-11-13-7-5-9-19-15(13)22-2;/h3-9H,10-11H2,1-2H3,(H2,18,20,21);1H. The van der Waals surface area contributed by atoms with Gasteiger partial charge in [0.1, 0.15) is 0 Å². The summed E-state index contributed by atoms with van der Waals surface area (Å²) in [7, 11) is 3.33. The van der Waals surface area contributed by atoms with Crippen molar-refractivity contribution in [2.24, 2.45) is 4.99 Å². The summed E-state index contributed by atoms with van der Waals surface area (Å²) in [5, 5.41) is 7.19. The number of methoxy groups -OCH3 is 1. The van der Waals surface area contributed by atoms with Crippen molar-refractivity contribution >= 4 is 41.5 Å². The predicted molar refractivity (Wildman–Crippen MR) is 105 cm³/mol. The number of guanidine groups is 1. The Morgan fingerprint density at radius 3 is 2.43 bits per heavy atom. The van der Waals surface area contributed by atoms with Crippen LogP contribution in [0.25, 0.3) is 0 Å². The number of hydrogen-bond acceptors (Lipinski definition) is 3. The fraction of sp³-hybridized carbons (Fsp3) is 0.250. The van der Waals surface area contributed by atoms with E-state index in [-0.39, 0.29) is 24.0 Å². The molecule has 0 atom stereocenters. The van der Waals surface area contributed by atoms with Gasteiger partial charge in [-0.1, -0.05) is 35.9 Å². The predicted octanol–water partition coefficient (Wildman–Crippen LogP) is 3.23. The monoisotopic (exact) mass is 446 g/mol. The molecule has 1 aromatic heterocycles. The highest BCUT2D eigenvalue weighted by Gasteiger charge is 2.05. The number of hydrogen-bond donors (Lipinski definition) is 2. The normalized spacial score (nSPS) is 10.7. The summed E-state index contributed by atoms with van der Waals surface area (Å²) in [6.45, 7) is 1.17. The minimum atomic E-state index is 0. The molecule has 0 unspecified atom stereocenters. The number of aliphatic imine (C=N–C) groups is 1. The number of halogens is 2. The first-order valence-corrected chi connectivity index (χ1v) is 7.28. The van der Waals surface area contributed by atoms with Crippen molar-refractivity contribution < 1.29 is 4.74 Å². The highest BCUT2D eigenvalue weighted by atomic mass is 127. The lowest BCUT2D eigenvalue weighted by molar-refractivity contribution is 0.392. The molecule has 0 fully saturated rings. The van der Waals surface area contributed by atoms with Gasteiger partial charge < -0.3 is 15.4 Å². The molecule has 0 amide bonds. The first kappa shape index (κ1) is 19.5. The molecular formula is C16H20ClIN4O. The van der Waals surface area contributed by atoms with Crippen LogP contribution in [0.2, 0.25) is 5.02 Å². The van der Waals surface area contributed by atoms with Crippen LogP contribution in [0, 0.1) is 0 Å². The number of pyridine rings is 1. The van der Waals surface area contributed by atoms with Crippen LogP contribution < -0.4 is 15.4 Å². The van der Waals surface area contributed by atoms with Crippen molar-refractivity contribution in [2.45, 2.75) is 13.1 Å². The summed E-state index contributed by atoms with van der Waals surface area (Å²) in [6.07, 6.45) is 1.70. The summed E-state index contributed by atoms with van der Waals surface area (Å²) in [4.78, 5) is 8.36. The van der Waals surface area contributed by atoms with E-state index in [4.69, 9.17) is 16.3 Å². The molecule has 0 aliphatic carbocycles. The summed E-state index contributed by atoms with van der Waals surface area (Å²) in [5.74, 6) is 1.29. The van der Waals surface area contributed by atoms with Crippen LogP contribution in [0.4, 0.5) is 0 Å². The molecule has 23 heavy (non-hydrogen) atoms. The van der Waals surface area contributed by atoms with Crippen LogP contribution in [-0.2, 0) is 13.1 Å². The smallest absolute Gasteiger partial charge is 0.218 e. The largest absolute Gasteiger partial charge is 0.481 e. The van der Waals surface area contributed by atoms with Crippen LogP contribution in [-0.4, -0.2) is 25.1 Å². The van der Waals surface area contributed by atoms with E-state index in [1.54, 1.807) is 20.4 Å². The zero-order chi connectivity index (χ0) is 15.8. The molecule has 2 aromatic rings. The Balaban J connectivity index is 0.00000264.